The number of para-hydroxylation sites is 1. The van der Waals surface area contributed by atoms with E-state index in [0.717, 1.165) is 34.9 Å². The van der Waals surface area contributed by atoms with Crippen LogP contribution in [0.2, 0.25) is 5.02 Å². The number of alkyl halides is 3. The van der Waals surface area contributed by atoms with Crippen LogP contribution in [0.3, 0.4) is 0 Å². The molecule has 0 aliphatic heterocycles. The first kappa shape index (κ1) is 24.7. The number of benzene rings is 3. The fourth-order valence-corrected chi connectivity index (χ4v) is 4.36. The van der Waals surface area contributed by atoms with Gasteiger partial charge in [-0.1, -0.05) is 23.7 Å². The molecule has 0 atom stereocenters. The normalized spacial score (nSPS) is 12.2. The Morgan fingerprint density at radius 2 is 1.66 bits per heavy atom. The lowest BCUT2D eigenvalue weighted by Crippen LogP contribution is -2.28. The lowest BCUT2D eigenvalue weighted by atomic mass is 9.99. The van der Waals surface area contributed by atoms with E-state index in [4.69, 9.17) is 11.6 Å². The Morgan fingerprint density at radius 1 is 0.943 bits per heavy atom. The van der Waals surface area contributed by atoms with E-state index in [1.807, 2.05) is 0 Å². The molecular weight excluding hydrogens is 517 g/mol. The molecule has 0 aliphatic rings. The summed E-state index contributed by atoms with van der Waals surface area (Å²) in [6.07, 6.45) is 0. The maximum absolute atomic E-state index is 14.7. The van der Waals surface area contributed by atoms with Crippen LogP contribution in [0.5, 0.6) is 5.75 Å². The Bertz CT molecular complexity index is 1630. The molecular formula is C23H13ClF5NO4S. The summed E-state index contributed by atoms with van der Waals surface area (Å²) < 4.78 is 95.9. The molecule has 1 heterocycles. The maximum Gasteiger partial charge on any atom is 0.534 e. The molecule has 4 rings (SSSR count). The van der Waals surface area contributed by atoms with Gasteiger partial charge in [0.15, 0.2) is 0 Å². The van der Waals surface area contributed by atoms with Gasteiger partial charge in [-0.3, -0.25) is 9.36 Å². The summed E-state index contributed by atoms with van der Waals surface area (Å²) in [5, 5.41) is 0.245. The molecule has 12 heteroatoms. The van der Waals surface area contributed by atoms with Crippen molar-refractivity contribution in [1.29, 1.82) is 0 Å². The number of aryl methyl sites for hydroxylation is 1. The van der Waals surface area contributed by atoms with Crippen molar-refractivity contribution in [2.24, 2.45) is 0 Å². The number of pyridine rings is 1. The highest BCUT2D eigenvalue weighted by molar-refractivity contribution is 7.88. The summed E-state index contributed by atoms with van der Waals surface area (Å²) in [6.45, 7) is 1.63. The van der Waals surface area contributed by atoms with Crippen LogP contribution in [0.4, 0.5) is 22.0 Å². The van der Waals surface area contributed by atoms with Crippen molar-refractivity contribution in [2.75, 3.05) is 0 Å². The van der Waals surface area contributed by atoms with E-state index < -0.39 is 38.6 Å². The van der Waals surface area contributed by atoms with E-state index in [1.54, 1.807) is 19.1 Å². The van der Waals surface area contributed by atoms with Gasteiger partial charge < -0.3 is 4.18 Å². The SMILES string of the molecule is Cc1cccc(Cl)c1-n1c(=O)ccc2c(-c3ccc(F)cc3F)cc(OS(=O)(=O)C(F)(F)F)cc21. The Kier molecular flexibility index (Phi) is 6.10. The third-order valence-electron chi connectivity index (χ3n) is 5.11. The minimum atomic E-state index is -6.11. The van der Waals surface area contributed by atoms with Gasteiger partial charge in [0.25, 0.3) is 5.56 Å². The smallest absolute Gasteiger partial charge is 0.376 e. The van der Waals surface area contributed by atoms with Crippen molar-refractivity contribution in [3.8, 4) is 22.6 Å². The van der Waals surface area contributed by atoms with E-state index in [1.165, 1.54) is 12.1 Å². The average Bonchev–Trinajstić information content (AvgIpc) is 2.73. The van der Waals surface area contributed by atoms with Crippen LogP contribution in [0.1, 0.15) is 5.56 Å². The van der Waals surface area contributed by atoms with Crippen LogP contribution in [0.15, 0.2) is 65.5 Å². The lowest BCUT2D eigenvalue weighted by Gasteiger charge is -2.18. The molecule has 0 saturated heterocycles. The van der Waals surface area contributed by atoms with E-state index >= 15 is 0 Å². The zero-order chi connectivity index (χ0) is 25.7. The van der Waals surface area contributed by atoms with Crippen LogP contribution in [-0.2, 0) is 10.1 Å². The van der Waals surface area contributed by atoms with Crippen molar-refractivity contribution >= 4 is 32.6 Å². The van der Waals surface area contributed by atoms with Gasteiger partial charge in [-0.25, -0.2) is 8.78 Å². The quantitative estimate of drug-likeness (QED) is 0.181. The topological polar surface area (TPSA) is 65.4 Å². The van der Waals surface area contributed by atoms with Crippen molar-refractivity contribution in [3.63, 3.8) is 0 Å². The highest BCUT2D eigenvalue weighted by atomic mass is 35.5. The monoisotopic (exact) mass is 529 g/mol. The summed E-state index contributed by atoms with van der Waals surface area (Å²) in [5.41, 5.74) is -6.27. The summed E-state index contributed by atoms with van der Waals surface area (Å²) in [5.74, 6) is -2.84. The fourth-order valence-electron chi connectivity index (χ4n) is 3.61. The predicted molar refractivity (Wildman–Crippen MR) is 120 cm³/mol. The van der Waals surface area contributed by atoms with E-state index in [0.29, 0.717) is 11.6 Å². The van der Waals surface area contributed by atoms with Crippen LogP contribution in [-0.4, -0.2) is 18.5 Å². The second kappa shape index (κ2) is 8.65. The molecule has 182 valence electrons. The molecule has 1 aromatic heterocycles. The molecule has 0 spiro atoms. The number of rotatable bonds is 4. The first-order chi connectivity index (χ1) is 16.3. The molecule has 35 heavy (non-hydrogen) atoms. The molecule has 3 aromatic carbocycles. The molecule has 4 aromatic rings. The number of aromatic nitrogens is 1. The average molecular weight is 530 g/mol. The molecule has 5 nitrogen and oxygen atoms in total. The van der Waals surface area contributed by atoms with Crippen LogP contribution in [0, 0.1) is 18.6 Å². The van der Waals surface area contributed by atoms with Crippen molar-refractivity contribution in [3.05, 3.63) is 93.2 Å². The van der Waals surface area contributed by atoms with E-state index in [2.05, 4.69) is 4.18 Å². The number of hydrogen-bond donors (Lipinski definition) is 0. The Labute approximate surface area is 200 Å². The van der Waals surface area contributed by atoms with Gasteiger partial charge in [-0.15, -0.1) is 0 Å². The van der Waals surface area contributed by atoms with Crippen molar-refractivity contribution in [2.45, 2.75) is 12.4 Å². The summed E-state index contributed by atoms with van der Waals surface area (Å²) in [4.78, 5) is 12.9. The van der Waals surface area contributed by atoms with Gasteiger partial charge in [0.2, 0.25) is 0 Å². The maximum atomic E-state index is 14.7. The third-order valence-corrected chi connectivity index (χ3v) is 6.39. The minimum Gasteiger partial charge on any atom is -0.376 e. The standard InChI is InChI=1S/C23H13ClF5NO4S/c1-12-3-2-4-18(24)22(12)30-20-11-14(34-35(32,33)23(27,28)29)10-17(16(20)7-8-21(30)31)15-6-5-13(25)9-19(15)26/h2-11H,1H3. The van der Waals surface area contributed by atoms with Gasteiger partial charge in [-0.05, 0) is 48.4 Å². The van der Waals surface area contributed by atoms with Gasteiger partial charge in [0.05, 0.1) is 16.2 Å². The predicted octanol–water partition coefficient (Wildman–Crippen LogP) is 6.13. The van der Waals surface area contributed by atoms with Gasteiger partial charge in [0.1, 0.15) is 17.4 Å². The Balaban J connectivity index is 2.14. The lowest BCUT2D eigenvalue weighted by molar-refractivity contribution is -0.0500. The largest absolute Gasteiger partial charge is 0.534 e. The second-order valence-corrected chi connectivity index (χ2v) is 9.37. The van der Waals surface area contributed by atoms with Crippen LogP contribution in [0.25, 0.3) is 27.7 Å². The zero-order valence-electron chi connectivity index (χ0n) is 17.5. The fraction of sp³-hybridized carbons (Fsp3) is 0.0870. The third kappa shape index (κ3) is 4.48. The van der Waals surface area contributed by atoms with Gasteiger partial charge >= 0.3 is 15.6 Å². The molecule has 0 saturated carbocycles. The zero-order valence-corrected chi connectivity index (χ0v) is 19.1. The number of halogens is 6. The van der Waals surface area contributed by atoms with Crippen molar-refractivity contribution < 1.29 is 34.6 Å². The molecule has 0 unspecified atom stereocenters. The summed E-state index contributed by atoms with van der Waals surface area (Å²) in [6, 6.07) is 11.4. The van der Waals surface area contributed by atoms with E-state index in [9.17, 15) is 35.2 Å². The Hall–Kier alpha value is -3.44. The molecule has 0 amide bonds. The highest BCUT2D eigenvalue weighted by Crippen LogP contribution is 2.38. The minimum absolute atomic E-state index is 0.114. The first-order valence-electron chi connectivity index (χ1n) is 9.71. The Morgan fingerprint density at radius 3 is 2.29 bits per heavy atom. The van der Waals surface area contributed by atoms with Crippen LogP contribution >= 0.6 is 11.6 Å². The summed E-state index contributed by atoms with van der Waals surface area (Å²) >= 11 is 6.30. The second-order valence-electron chi connectivity index (χ2n) is 7.42. The molecule has 0 bridgehead atoms. The van der Waals surface area contributed by atoms with Gasteiger partial charge in [-0.2, -0.15) is 21.6 Å². The summed E-state index contributed by atoms with van der Waals surface area (Å²) in [7, 11) is -6.11. The first-order valence-corrected chi connectivity index (χ1v) is 11.5. The number of hydrogen-bond acceptors (Lipinski definition) is 4. The van der Waals surface area contributed by atoms with Crippen molar-refractivity contribution in [1.82, 2.24) is 4.57 Å². The molecule has 0 radical (unpaired) electrons. The van der Waals surface area contributed by atoms with Gasteiger partial charge in [0, 0.05) is 29.1 Å². The molecule has 0 N–H and O–H groups in total. The number of nitrogens with zero attached hydrogens (tertiary/aromatic N) is 1. The molecule has 0 fully saturated rings. The van der Waals surface area contributed by atoms with E-state index in [-0.39, 0.29) is 32.7 Å². The van der Waals surface area contributed by atoms with Crippen LogP contribution < -0.4 is 9.74 Å². The highest BCUT2D eigenvalue weighted by Gasteiger charge is 2.48. The number of fused-ring (bicyclic) bond motifs is 1. The molecule has 0 aliphatic carbocycles.